The molecule has 0 aliphatic heterocycles. The van der Waals surface area contributed by atoms with Crippen molar-refractivity contribution in [3.05, 3.63) is 45.9 Å². The molecular weight excluding hydrogens is 331 g/mol. The number of aryl methyl sites for hydroxylation is 2. The van der Waals surface area contributed by atoms with Crippen LogP contribution in [0, 0.1) is 5.82 Å². The van der Waals surface area contributed by atoms with Crippen molar-refractivity contribution >= 4 is 26.7 Å². The standard InChI is InChI=1S/C13H14BrFN2OS/c1-3-11-13(14)12(17(2)16-11)8-19(18)10-6-4-9(15)5-7-10/h4-7H,3,8H2,1-2H3. The SMILES string of the molecule is CCc1nn(C)c(CS(=O)c2ccc(F)cc2)c1Br. The van der Waals surface area contributed by atoms with E-state index < -0.39 is 10.8 Å². The number of hydrogen-bond donors (Lipinski definition) is 0. The summed E-state index contributed by atoms with van der Waals surface area (Å²) in [5, 5.41) is 4.36. The Bertz CT molecular complexity index is 610. The van der Waals surface area contributed by atoms with Gasteiger partial charge < -0.3 is 0 Å². The number of aromatic nitrogens is 2. The average Bonchev–Trinajstić information content (AvgIpc) is 2.67. The lowest BCUT2D eigenvalue weighted by atomic mass is 10.3. The smallest absolute Gasteiger partial charge is 0.123 e. The summed E-state index contributed by atoms with van der Waals surface area (Å²) < 4.78 is 27.7. The van der Waals surface area contributed by atoms with E-state index in [-0.39, 0.29) is 5.82 Å². The molecule has 0 bridgehead atoms. The van der Waals surface area contributed by atoms with E-state index in [1.165, 1.54) is 12.1 Å². The minimum atomic E-state index is -1.21. The number of rotatable bonds is 4. The summed E-state index contributed by atoms with van der Waals surface area (Å²) in [6.45, 7) is 2.02. The first-order chi connectivity index (χ1) is 9.02. The molecular formula is C13H14BrFN2OS. The van der Waals surface area contributed by atoms with Crippen LogP contribution in [0.2, 0.25) is 0 Å². The van der Waals surface area contributed by atoms with Crippen LogP contribution in [0.4, 0.5) is 4.39 Å². The third kappa shape index (κ3) is 3.12. The molecule has 1 aromatic carbocycles. The fraction of sp³-hybridized carbons (Fsp3) is 0.308. The molecule has 0 saturated carbocycles. The molecule has 0 amide bonds. The highest BCUT2D eigenvalue weighted by atomic mass is 79.9. The van der Waals surface area contributed by atoms with E-state index in [2.05, 4.69) is 21.0 Å². The molecule has 102 valence electrons. The van der Waals surface area contributed by atoms with Crippen molar-refractivity contribution in [2.24, 2.45) is 7.05 Å². The van der Waals surface area contributed by atoms with E-state index in [0.29, 0.717) is 10.6 Å². The zero-order valence-corrected chi connectivity index (χ0v) is 13.1. The van der Waals surface area contributed by atoms with Gasteiger partial charge in [0.25, 0.3) is 0 Å². The van der Waals surface area contributed by atoms with E-state index in [1.54, 1.807) is 16.8 Å². The van der Waals surface area contributed by atoms with Gasteiger partial charge >= 0.3 is 0 Å². The third-order valence-electron chi connectivity index (χ3n) is 2.85. The minimum absolute atomic E-state index is 0.323. The number of halogens is 2. The van der Waals surface area contributed by atoms with Gasteiger partial charge in [-0.25, -0.2) is 4.39 Å². The topological polar surface area (TPSA) is 34.9 Å². The first-order valence-electron chi connectivity index (χ1n) is 5.87. The lowest BCUT2D eigenvalue weighted by molar-refractivity contribution is 0.626. The zero-order valence-electron chi connectivity index (χ0n) is 10.7. The van der Waals surface area contributed by atoms with Crippen LogP contribution in [-0.4, -0.2) is 14.0 Å². The molecule has 1 unspecified atom stereocenters. The predicted molar refractivity (Wildman–Crippen MR) is 76.8 cm³/mol. The predicted octanol–water partition coefficient (Wildman–Crippen LogP) is 3.19. The summed E-state index contributed by atoms with van der Waals surface area (Å²) in [7, 11) is 0.625. The van der Waals surface area contributed by atoms with Crippen LogP contribution in [0.5, 0.6) is 0 Å². The maximum absolute atomic E-state index is 12.8. The van der Waals surface area contributed by atoms with Crippen molar-refractivity contribution in [3.8, 4) is 0 Å². The first-order valence-corrected chi connectivity index (χ1v) is 7.98. The van der Waals surface area contributed by atoms with E-state index in [9.17, 15) is 8.60 Å². The van der Waals surface area contributed by atoms with E-state index in [4.69, 9.17) is 0 Å². The van der Waals surface area contributed by atoms with Gasteiger partial charge in [0.05, 0.1) is 32.4 Å². The van der Waals surface area contributed by atoms with E-state index >= 15 is 0 Å². The second kappa shape index (κ2) is 5.96. The maximum Gasteiger partial charge on any atom is 0.123 e. The van der Waals surface area contributed by atoms with Gasteiger partial charge in [-0.15, -0.1) is 0 Å². The van der Waals surface area contributed by atoms with Crippen molar-refractivity contribution in [1.82, 2.24) is 9.78 Å². The Balaban J connectivity index is 2.24. The highest BCUT2D eigenvalue weighted by Crippen LogP contribution is 2.24. The Kier molecular flexibility index (Phi) is 4.52. The van der Waals surface area contributed by atoms with Crippen molar-refractivity contribution < 1.29 is 8.60 Å². The summed E-state index contributed by atoms with van der Waals surface area (Å²) in [4.78, 5) is 0.618. The Morgan fingerprint density at radius 3 is 2.53 bits per heavy atom. The highest BCUT2D eigenvalue weighted by Gasteiger charge is 2.15. The summed E-state index contributed by atoms with van der Waals surface area (Å²) in [6.07, 6.45) is 0.817. The van der Waals surface area contributed by atoms with Crippen molar-refractivity contribution in [2.75, 3.05) is 0 Å². The minimum Gasteiger partial charge on any atom is -0.270 e. The van der Waals surface area contributed by atoms with Gasteiger partial charge in [-0.05, 0) is 46.6 Å². The van der Waals surface area contributed by atoms with Gasteiger partial charge in [-0.3, -0.25) is 8.89 Å². The summed E-state index contributed by atoms with van der Waals surface area (Å²) in [5.74, 6) is 0.0335. The Labute approximate surface area is 122 Å². The molecule has 1 heterocycles. The van der Waals surface area contributed by atoms with Crippen LogP contribution < -0.4 is 0 Å². The van der Waals surface area contributed by atoms with Gasteiger partial charge in [0.15, 0.2) is 0 Å². The normalized spacial score (nSPS) is 12.6. The molecule has 2 rings (SSSR count). The molecule has 2 aromatic rings. The van der Waals surface area contributed by atoms with Gasteiger partial charge in [0.1, 0.15) is 5.82 Å². The molecule has 0 fully saturated rings. The third-order valence-corrected chi connectivity index (χ3v) is 5.10. The molecule has 1 atom stereocenters. The molecule has 0 spiro atoms. The molecule has 0 saturated heterocycles. The van der Waals surface area contributed by atoms with Crippen molar-refractivity contribution in [2.45, 2.75) is 24.0 Å². The summed E-state index contributed by atoms with van der Waals surface area (Å²) >= 11 is 3.50. The maximum atomic E-state index is 12.8. The quantitative estimate of drug-likeness (QED) is 0.853. The van der Waals surface area contributed by atoms with Crippen LogP contribution in [0.3, 0.4) is 0 Å². The highest BCUT2D eigenvalue weighted by molar-refractivity contribution is 9.10. The molecule has 0 aliphatic carbocycles. The van der Waals surface area contributed by atoms with Gasteiger partial charge in [0, 0.05) is 11.9 Å². The molecule has 0 radical (unpaired) electrons. The van der Waals surface area contributed by atoms with Crippen LogP contribution >= 0.6 is 15.9 Å². The van der Waals surface area contributed by atoms with Crippen molar-refractivity contribution in [3.63, 3.8) is 0 Å². The number of nitrogens with zero attached hydrogens (tertiary/aromatic N) is 2. The Hall–Kier alpha value is -1.01. The Morgan fingerprint density at radius 2 is 2.00 bits per heavy atom. The largest absolute Gasteiger partial charge is 0.270 e. The van der Waals surface area contributed by atoms with Crippen LogP contribution in [0.15, 0.2) is 33.6 Å². The molecule has 0 N–H and O–H groups in total. The van der Waals surface area contributed by atoms with Crippen LogP contribution in [-0.2, 0) is 30.0 Å². The lowest BCUT2D eigenvalue weighted by Gasteiger charge is -2.04. The molecule has 3 nitrogen and oxygen atoms in total. The molecule has 0 aliphatic rings. The average molecular weight is 345 g/mol. The number of hydrogen-bond acceptors (Lipinski definition) is 2. The molecule has 6 heteroatoms. The van der Waals surface area contributed by atoms with Gasteiger partial charge in [-0.1, -0.05) is 6.92 Å². The van der Waals surface area contributed by atoms with Crippen LogP contribution in [0.1, 0.15) is 18.3 Å². The van der Waals surface area contributed by atoms with Crippen molar-refractivity contribution in [1.29, 1.82) is 0 Å². The fourth-order valence-electron chi connectivity index (χ4n) is 1.77. The number of benzene rings is 1. The van der Waals surface area contributed by atoms with E-state index in [0.717, 1.165) is 22.3 Å². The summed E-state index contributed by atoms with van der Waals surface area (Å²) in [6, 6.07) is 5.75. The van der Waals surface area contributed by atoms with Gasteiger partial charge in [-0.2, -0.15) is 5.10 Å². The first kappa shape index (κ1) is 14.4. The zero-order chi connectivity index (χ0) is 14.0. The summed E-state index contributed by atoms with van der Waals surface area (Å²) in [5.41, 5.74) is 1.84. The monoisotopic (exact) mass is 344 g/mol. The lowest BCUT2D eigenvalue weighted by Crippen LogP contribution is -2.03. The fourth-order valence-corrected chi connectivity index (χ4v) is 3.90. The van der Waals surface area contributed by atoms with Crippen LogP contribution in [0.25, 0.3) is 0 Å². The van der Waals surface area contributed by atoms with E-state index in [1.807, 2.05) is 14.0 Å². The second-order valence-electron chi connectivity index (χ2n) is 4.13. The second-order valence-corrected chi connectivity index (χ2v) is 6.37. The van der Waals surface area contributed by atoms with Gasteiger partial charge in [0.2, 0.25) is 0 Å². The Morgan fingerprint density at radius 1 is 1.37 bits per heavy atom. The molecule has 19 heavy (non-hydrogen) atoms. The molecule has 1 aromatic heterocycles.